The monoisotopic (exact) mass is 536 g/mol. The van der Waals surface area contributed by atoms with E-state index in [9.17, 15) is 14.9 Å². The smallest absolute Gasteiger partial charge is 0.311 e. The van der Waals surface area contributed by atoms with E-state index in [0.29, 0.717) is 68.7 Å². The van der Waals surface area contributed by atoms with Gasteiger partial charge < -0.3 is 28.6 Å². The normalized spacial score (nSPS) is 13.4. The Labute approximate surface area is 229 Å². The van der Waals surface area contributed by atoms with Crippen LogP contribution in [0.5, 0.6) is 23.0 Å². The summed E-state index contributed by atoms with van der Waals surface area (Å²) in [6, 6.07) is 12.5. The molecule has 1 saturated heterocycles. The van der Waals surface area contributed by atoms with Crippen molar-refractivity contribution >= 4 is 18.0 Å². The number of amides is 1. The Morgan fingerprint density at radius 2 is 1.79 bits per heavy atom. The number of carbonyl (C=O) groups is 2. The molecule has 9 heteroatoms. The number of methoxy groups -OCH3 is 1. The maximum atomic E-state index is 12.7. The molecule has 1 fully saturated rings. The lowest BCUT2D eigenvalue weighted by atomic mass is 10.1. The standard InChI is InChI=1S/C30H36N2O7/c1-4-6-15-38-25-10-7-22(19-28(25)37-5-2)9-12-29(33)39-26-11-8-23(20-27(26)35-3)18-24(21-31)30(34)32-13-16-36-17-14-32/h7-8,10-11,18-20H,4-6,9,12-17H2,1-3H3/b24-18+. The van der Waals surface area contributed by atoms with Crippen molar-refractivity contribution in [3.63, 3.8) is 0 Å². The van der Waals surface area contributed by atoms with Crippen molar-refractivity contribution in [1.29, 1.82) is 5.26 Å². The van der Waals surface area contributed by atoms with Crippen LogP contribution in [0.4, 0.5) is 0 Å². The van der Waals surface area contributed by atoms with Gasteiger partial charge in [-0.25, -0.2) is 0 Å². The van der Waals surface area contributed by atoms with E-state index in [4.69, 9.17) is 23.7 Å². The summed E-state index contributed by atoms with van der Waals surface area (Å²) in [6.07, 6.45) is 4.12. The van der Waals surface area contributed by atoms with Crippen molar-refractivity contribution in [2.45, 2.75) is 39.5 Å². The molecule has 0 N–H and O–H groups in total. The molecule has 0 atom stereocenters. The highest BCUT2D eigenvalue weighted by atomic mass is 16.6. The number of nitrogens with zero attached hydrogens (tertiary/aromatic N) is 2. The Bertz CT molecular complexity index is 1200. The van der Waals surface area contributed by atoms with Crippen LogP contribution in [0.1, 0.15) is 44.2 Å². The molecule has 0 unspecified atom stereocenters. The molecule has 0 radical (unpaired) electrons. The maximum Gasteiger partial charge on any atom is 0.311 e. The molecule has 1 amide bonds. The Hall–Kier alpha value is -4.03. The minimum Gasteiger partial charge on any atom is -0.493 e. The third-order valence-corrected chi connectivity index (χ3v) is 6.05. The number of aryl methyl sites for hydroxylation is 1. The van der Waals surface area contributed by atoms with Gasteiger partial charge >= 0.3 is 5.97 Å². The quantitative estimate of drug-likeness (QED) is 0.120. The Balaban J connectivity index is 1.63. The lowest BCUT2D eigenvalue weighted by molar-refractivity contribution is -0.134. The van der Waals surface area contributed by atoms with Crippen molar-refractivity contribution in [1.82, 2.24) is 4.90 Å². The molecule has 208 valence electrons. The fourth-order valence-electron chi connectivity index (χ4n) is 3.95. The van der Waals surface area contributed by atoms with Crippen molar-refractivity contribution < 1.29 is 33.3 Å². The summed E-state index contributed by atoms with van der Waals surface area (Å²) in [6.45, 7) is 6.95. The zero-order chi connectivity index (χ0) is 28.0. The third kappa shape index (κ3) is 8.76. The first-order valence-electron chi connectivity index (χ1n) is 13.2. The lowest BCUT2D eigenvalue weighted by Gasteiger charge is -2.26. The molecule has 0 aromatic heterocycles. The van der Waals surface area contributed by atoms with Crippen LogP contribution in [0.15, 0.2) is 42.0 Å². The first kappa shape index (κ1) is 29.5. The zero-order valence-electron chi connectivity index (χ0n) is 22.9. The minimum absolute atomic E-state index is 0.0110. The van der Waals surface area contributed by atoms with Crippen LogP contribution in [-0.2, 0) is 20.7 Å². The van der Waals surface area contributed by atoms with Gasteiger partial charge in [0.05, 0.1) is 33.5 Å². The van der Waals surface area contributed by atoms with Crippen LogP contribution in [-0.4, -0.2) is 63.4 Å². The number of hydrogen-bond acceptors (Lipinski definition) is 8. The van der Waals surface area contributed by atoms with Gasteiger partial charge in [-0.15, -0.1) is 0 Å². The van der Waals surface area contributed by atoms with Crippen LogP contribution >= 0.6 is 0 Å². The number of morpholine rings is 1. The predicted octanol–water partition coefficient (Wildman–Crippen LogP) is 4.58. The van der Waals surface area contributed by atoms with Gasteiger partial charge in [-0.1, -0.05) is 25.5 Å². The Morgan fingerprint density at radius 1 is 1.03 bits per heavy atom. The average molecular weight is 537 g/mol. The largest absolute Gasteiger partial charge is 0.493 e. The highest BCUT2D eigenvalue weighted by Gasteiger charge is 2.21. The van der Waals surface area contributed by atoms with Gasteiger partial charge in [0.25, 0.3) is 5.91 Å². The van der Waals surface area contributed by atoms with E-state index in [2.05, 4.69) is 6.92 Å². The molecule has 1 aliphatic rings. The summed E-state index contributed by atoms with van der Waals surface area (Å²) in [7, 11) is 1.46. The molecule has 3 rings (SSSR count). The number of hydrogen-bond donors (Lipinski definition) is 0. The Morgan fingerprint density at radius 3 is 2.49 bits per heavy atom. The molecule has 0 saturated carbocycles. The molecule has 0 bridgehead atoms. The number of nitriles is 1. The first-order valence-corrected chi connectivity index (χ1v) is 13.2. The van der Waals surface area contributed by atoms with Gasteiger partial charge in [-0.05, 0) is 61.2 Å². The molecule has 9 nitrogen and oxygen atoms in total. The van der Waals surface area contributed by atoms with Crippen molar-refractivity contribution in [2.75, 3.05) is 46.6 Å². The molecule has 1 heterocycles. The van der Waals surface area contributed by atoms with E-state index in [1.54, 1.807) is 23.1 Å². The summed E-state index contributed by atoms with van der Waals surface area (Å²) in [5.41, 5.74) is 1.52. The third-order valence-electron chi connectivity index (χ3n) is 6.05. The molecule has 0 aliphatic carbocycles. The van der Waals surface area contributed by atoms with Crippen molar-refractivity contribution in [2.24, 2.45) is 0 Å². The average Bonchev–Trinajstić information content (AvgIpc) is 2.96. The van der Waals surface area contributed by atoms with Gasteiger partial charge in [0.2, 0.25) is 0 Å². The molecule has 1 aliphatic heterocycles. The second-order valence-corrected chi connectivity index (χ2v) is 8.87. The minimum atomic E-state index is -0.418. The highest BCUT2D eigenvalue weighted by molar-refractivity contribution is 6.01. The fourth-order valence-corrected chi connectivity index (χ4v) is 3.95. The number of benzene rings is 2. The van der Waals surface area contributed by atoms with Crippen LogP contribution in [0, 0.1) is 11.3 Å². The van der Waals surface area contributed by atoms with Crippen LogP contribution in [0.25, 0.3) is 6.08 Å². The van der Waals surface area contributed by atoms with Gasteiger partial charge in [0.1, 0.15) is 11.6 Å². The number of ether oxygens (including phenoxy) is 5. The van der Waals surface area contributed by atoms with Crippen molar-refractivity contribution in [3.8, 4) is 29.1 Å². The molecular formula is C30H36N2O7. The zero-order valence-corrected chi connectivity index (χ0v) is 22.9. The second-order valence-electron chi connectivity index (χ2n) is 8.87. The summed E-state index contributed by atoms with van der Waals surface area (Å²) >= 11 is 0. The highest BCUT2D eigenvalue weighted by Crippen LogP contribution is 2.31. The number of rotatable bonds is 13. The van der Waals surface area contributed by atoms with E-state index >= 15 is 0 Å². The van der Waals surface area contributed by atoms with Gasteiger partial charge in [0.15, 0.2) is 23.0 Å². The van der Waals surface area contributed by atoms with Crippen LogP contribution < -0.4 is 18.9 Å². The van der Waals surface area contributed by atoms with E-state index < -0.39 is 5.97 Å². The van der Waals surface area contributed by atoms with Crippen LogP contribution in [0.2, 0.25) is 0 Å². The Kier molecular flexibility index (Phi) is 11.7. The summed E-state index contributed by atoms with van der Waals surface area (Å²) in [5, 5.41) is 9.54. The molecule has 39 heavy (non-hydrogen) atoms. The summed E-state index contributed by atoms with van der Waals surface area (Å²) in [4.78, 5) is 26.9. The van der Waals surface area contributed by atoms with Crippen LogP contribution in [0.3, 0.4) is 0 Å². The summed E-state index contributed by atoms with van der Waals surface area (Å²) < 4.78 is 27.8. The summed E-state index contributed by atoms with van der Waals surface area (Å²) in [5.74, 6) is 1.17. The topological polar surface area (TPSA) is 107 Å². The van der Waals surface area contributed by atoms with Crippen molar-refractivity contribution in [3.05, 3.63) is 53.1 Å². The predicted molar refractivity (Wildman–Crippen MR) is 146 cm³/mol. The molecule has 0 spiro atoms. The van der Waals surface area contributed by atoms with E-state index in [1.807, 2.05) is 31.2 Å². The first-order chi connectivity index (χ1) is 19.0. The van der Waals surface area contributed by atoms with Gasteiger partial charge in [-0.2, -0.15) is 5.26 Å². The lowest BCUT2D eigenvalue weighted by Crippen LogP contribution is -2.41. The van der Waals surface area contributed by atoms with Gasteiger partial charge in [-0.3, -0.25) is 9.59 Å². The SMILES string of the molecule is CCCCOc1ccc(CCC(=O)Oc2ccc(/C=C(\C#N)C(=O)N3CCOCC3)cc2OC)cc1OCC. The fraction of sp³-hybridized carbons (Fsp3) is 0.433. The number of unbranched alkanes of at least 4 members (excludes halogenated alkanes) is 1. The maximum absolute atomic E-state index is 12.7. The van der Waals surface area contributed by atoms with Gasteiger partial charge in [0, 0.05) is 19.5 Å². The molecule has 2 aromatic rings. The molecule has 2 aromatic carbocycles. The molecular weight excluding hydrogens is 500 g/mol. The van der Waals surface area contributed by atoms with E-state index in [-0.39, 0.29) is 23.7 Å². The number of esters is 1. The number of carbonyl (C=O) groups excluding carboxylic acids is 2. The van der Waals surface area contributed by atoms with E-state index in [1.165, 1.54) is 13.2 Å². The second kappa shape index (κ2) is 15.4. The van der Waals surface area contributed by atoms with E-state index in [0.717, 1.165) is 18.4 Å².